The maximum absolute atomic E-state index is 12.0. The molecule has 0 spiro atoms. The maximum Gasteiger partial charge on any atom is 0.408 e. The van der Waals surface area contributed by atoms with Crippen LogP contribution in [0.15, 0.2) is 0 Å². The van der Waals surface area contributed by atoms with Crippen LogP contribution < -0.4 is 10.6 Å². The molecule has 4 N–H and O–H groups in total. The lowest BCUT2D eigenvalue weighted by Crippen LogP contribution is -2.57. The van der Waals surface area contributed by atoms with Gasteiger partial charge in [0.25, 0.3) is 0 Å². The van der Waals surface area contributed by atoms with E-state index in [1.807, 2.05) is 0 Å². The number of ether oxygens (including phenoxy) is 2. The number of hydrogen-bond donors (Lipinski definition) is 4. The number of alkyl carbamates (subject to hydrolysis) is 1. The Morgan fingerprint density at radius 1 is 1.18 bits per heavy atom. The summed E-state index contributed by atoms with van der Waals surface area (Å²) in [6.45, 7) is 5.53. The van der Waals surface area contributed by atoms with Crippen LogP contribution in [0.2, 0.25) is 0 Å². The Morgan fingerprint density at radius 2 is 1.73 bits per heavy atom. The lowest BCUT2D eigenvalue weighted by atomic mass is 10.1. The first-order chi connectivity index (χ1) is 10.0. The minimum atomic E-state index is -1.35. The van der Waals surface area contributed by atoms with E-state index in [9.17, 15) is 19.5 Å². The molecule has 0 unspecified atom stereocenters. The molecule has 0 bridgehead atoms. The van der Waals surface area contributed by atoms with Crippen molar-refractivity contribution >= 4 is 18.0 Å². The number of carbonyl (C=O) groups is 3. The first kappa shape index (κ1) is 20.1. The average molecular weight is 320 g/mol. The number of methoxy groups -OCH3 is 1. The summed E-state index contributed by atoms with van der Waals surface area (Å²) in [4.78, 5) is 35.0. The number of hydrogen-bond acceptors (Lipinski definition) is 7. The highest BCUT2D eigenvalue weighted by Crippen LogP contribution is 2.07. The van der Waals surface area contributed by atoms with E-state index < -0.39 is 48.4 Å². The number of esters is 1. The summed E-state index contributed by atoms with van der Waals surface area (Å²) in [5, 5.41) is 23.0. The van der Waals surface area contributed by atoms with Crippen LogP contribution >= 0.6 is 0 Å². The molecule has 2 amide bonds. The third kappa shape index (κ3) is 7.23. The Labute approximate surface area is 129 Å². The quantitative estimate of drug-likeness (QED) is 0.457. The van der Waals surface area contributed by atoms with Gasteiger partial charge in [-0.15, -0.1) is 0 Å². The van der Waals surface area contributed by atoms with Gasteiger partial charge in [-0.3, -0.25) is 4.79 Å². The molecule has 0 aromatic carbocycles. The lowest BCUT2D eigenvalue weighted by Gasteiger charge is -2.25. The molecule has 9 heteroatoms. The zero-order valence-electron chi connectivity index (χ0n) is 13.4. The van der Waals surface area contributed by atoms with Crippen LogP contribution in [0.5, 0.6) is 0 Å². The zero-order valence-corrected chi connectivity index (χ0v) is 13.4. The van der Waals surface area contributed by atoms with Gasteiger partial charge in [-0.05, 0) is 27.7 Å². The Hall–Kier alpha value is -1.87. The van der Waals surface area contributed by atoms with Gasteiger partial charge in [0.15, 0.2) is 6.04 Å². The van der Waals surface area contributed by atoms with Gasteiger partial charge >= 0.3 is 12.1 Å². The fourth-order valence-corrected chi connectivity index (χ4v) is 1.42. The number of rotatable bonds is 6. The molecule has 0 aromatic heterocycles. The SMILES string of the molecule is COC(=O)[C@H](CO)NC(=O)[C@@H](NC(=O)OC(C)(C)C)[C@@H](C)O. The van der Waals surface area contributed by atoms with Crippen LogP contribution in [-0.4, -0.2) is 65.7 Å². The zero-order chi connectivity index (χ0) is 17.5. The van der Waals surface area contributed by atoms with E-state index in [2.05, 4.69) is 15.4 Å². The number of nitrogens with one attached hydrogen (secondary N) is 2. The van der Waals surface area contributed by atoms with Crippen LogP contribution in [0.4, 0.5) is 4.79 Å². The van der Waals surface area contributed by atoms with Crippen LogP contribution in [0.1, 0.15) is 27.7 Å². The predicted octanol–water partition coefficient (Wildman–Crippen LogP) is -1.09. The van der Waals surface area contributed by atoms with Crippen molar-refractivity contribution in [2.24, 2.45) is 0 Å². The van der Waals surface area contributed by atoms with Gasteiger partial charge < -0.3 is 30.3 Å². The van der Waals surface area contributed by atoms with E-state index in [4.69, 9.17) is 9.84 Å². The van der Waals surface area contributed by atoms with Crippen LogP contribution in [0.25, 0.3) is 0 Å². The molecule has 0 heterocycles. The highest BCUT2D eigenvalue weighted by Gasteiger charge is 2.31. The Balaban J connectivity index is 4.84. The standard InChI is InChI=1S/C13H24N2O7/c1-7(17)9(15-12(20)22-13(2,3)4)10(18)14-8(6-16)11(19)21-5/h7-9,16-17H,6H2,1-5H3,(H,14,18)(H,15,20)/t7-,8+,9+/m1/s1. The molecular weight excluding hydrogens is 296 g/mol. The van der Waals surface area contributed by atoms with Crippen molar-refractivity contribution < 1.29 is 34.1 Å². The minimum Gasteiger partial charge on any atom is -0.467 e. The van der Waals surface area contributed by atoms with Crippen molar-refractivity contribution in [1.82, 2.24) is 10.6 Å². The van der Waals surface area contributed by atoms with E-state index in [0.717, 1.165) is 7.11 Å². The monoisotopic (exact) mass is 320 g/mol. The molecule has 0 aromatic rings. The van der Waals surface area contributed by atoms with Crippen molar-refractivity contribution in [3.8, 4) is 0 Å². The predicted molar refractivity (Wildman–Crippen MR) is 75.9 cm³/mol. The number of aliphatic hydroxyl groups is 2. The van der Waals surface area contributed by atoms with Gasteiger partial charge in [0.1, 0.15) is 11.6 Å². The molecule has 0 aliphatic carbocycles. The first-order valence-electron chi connectivity index (χ1n) is 6.68. The van der Waals surface area contributed by atoms with Crippen molar-refractivity contribution in [1.29, 1.82) is 0 Å². The Morgan fingerprint density at radius 3 is 2.09 bits per heavy atom. The van der Waals surface area contributed by atoms with Crippen LogP contribution in [0.3, 0.4) is 0 Å². The van der Waals surface area contributed by atoms with E-state index in [1.54, 1.807) is 20.8 Å². The van der Waals surface area contributed by atoms with Gasteiger partial charge in [0.05, 0.1) is 19.8 Å². The summed E-state index contributed by atoms with van der Waals surface area (Å²) in [6, 6.07) is -2.65. The Bertz CT molecular complexity index is 404. The largest absolute Gasteiger partial charge is 0.467 e. The molecule has 0 fully saturated rings. The molecular formula is C13H24N2O7. The molecule has 0 aliphatic heterocycles. The second kappa shape index (κ2) is 8.54. The fraction of sp³-hybridized carbons (Fsp3) is 0.769. The van der Waals surface area contributed by atoms with Gasteiger partial charge in [0.2, 0.25) is 5.91 Å². The van der Waals surface area contributed by atoms with Gasteiger partial charge in [0, 0.05) is 0 Å². The summed E-state index contributed by atoms with van der Waals surface area (Å²) >= 11 is 0. The summed E-state index contributed by atoms with van der Waals surface area (Å²) < 4.78 is 9.39. The summed E-state index contributed by atoms with van der Waals surface area (Å²) in [5.41, 5.74) is -0.774. The second-order valence-electron chi connectivity index (χ2n) is 5.63. The number of carbonyl (C=O) groups excluding carboxylic acids is 3. The highest BCUT2D eigenvalue weighted by molar-refractivity contribution is 5.90. The van der Waals surface area contributed by atoms with Crippen LogP contribution in [0, 0.1) is 0 Å². The van der Waals surface area contributed by atoms with Gasteiger partial charge in [-0.2, -0.15) is 0 Å². The first-order valence-corrected chi connectivity index (χ1v) is 6.68. The van der Waals surface area contributed by atoms with Crippen molar-refractivity contribution in [3.63, 3.8) is 0 Å². The summed E-state index contributed by atoms with van der Waals surface area (Å²) in [7, 11) is 1.10. The minimum absolute atomic E-state index is 0.683. The molecule has 0 radical (unpaired) electrons. The average Bonchev–Trinajstić information content (AvgIpc) is 2.38. The molecule has 9 nitrogen and oxygen atoms in total. The number of aliphatic hydroxyl groups excluding tert-OH is 2. The molecule has 0 saturated carbocycles. The van der Waals surface area contributed by atoms with E-state index in [1.165, 1.54) is 6.92 Å². The van der Waals surface area contributed by atoms with Crippen molar-refractivity contribution in [2.45, 2.75) is 51.5 Å². The van der Waals surface area contributed by atoms with E-state index in [0.29, 0.717) is 0 Å². The summed E-state index contributed by atoms with van der Waals surface area (Å²) in [5.74, 6) is -1.71. The molecule has 3 atom stereocenters. The molecule has 0 rings (SSSR count). The van der Waals surface area contributed by atoms with Gasteiger partial charge in [-0.25, -0.2) is 9.59 Å². The highest BCUT2D eigenvalue weighted by atomic mass is 16.6. The third-order valence-corrected chi connectivity index (χ3v) is 2.42. The lowest BCUT2D eigenvalue weighted by molar-refractivity contribution is -0.146. The fourth-order valence-electron chi connectivity index (χ4n) is 1.42. The third-order valence-electron chi connectivity index (χ3n) is 2.42. The Kier molecular flexibility index (Phi) is 7.82. The van der Waals surface area contributed by atoms with E-state index >= 15 is 0 Å². The van der Waals surface area contributed by atoms with Crippen molar-refractivity contribution in [2.75, 3.05) is 13.7 Å². The normalized spacial score (nSPS) is 15.2. The van der Waals surface area contributed by atoms with Crippen LogP contribution in [-0.2, 0) is 19.1 Å². The number of amides is 2. The second-order valence-corrected chi connectivity index (χ2v) is 5.63. The summed E-state index contributed by atoms with van der Waals surface area (Å²) in [6.07, 6.45) is -2.14. The van der Waals surface area contributed by atoms with Gasteiger partial charge in [-0.1, -0.05) is 0 Å². The topological polar surface area (TPSA) is 134 Å². The smallest absolute Gasteiger partial charge is 0.408 e. The van der Waals surface area contributed by atoms with Crippen molar-refractivity contribution in [3.05, 3.63) is 0 Å². The molecule has 22 heavy (non-hydrogen) atoms. The van der Waals surface area contributed by atoms with E-state index in [-0.39, 0.29) is 0 Å². The molecule has 0 saturated heterocycles. The maximum atomic E-state index is 12.0. The molecule has 128 valence electrons. The molecule has 0 aliphatic rings.